The first-order valence-electron chi connectivity index (χ1n) is 7.10. The lowest BCUT2D eigenvalue weighted by molar-refractivity contribution is -0.131. The summed E-state index contributed by atoms with van der Waals surface area (Å²) in [5.41, 5.74) is 6.09. The van der Waals surface area contributed by atoms with Crippen LogP contribution in [0.15, 0.2) is 48.5 Å². The Balaban J connectivity index is 2.06. The molecule has 2 aromatic carbocycles. The van der Waals surface area contributed by atoms with Crippen molar-refractivity contribution in [1.82, 2.24) is 0 Å². The van der Waals surface area contributed by atoms with Crippen LogP contribution in [0.3, 0.4) is 0 Å². The molecule has 0 aliphatic heterocycles. The van der Waals surface area contributed by atoms with Crippen LogP contribution in [0, 0.1) is 13.8 Å². The molecule has 0 saturated carbocycles. The van der Waals surface area contributed by atoms with Gasteiger partial charge in [0.05, 0.1) is 0 Å². The molecule has 0 atom stereocenters. The van der Waals surface area contributed by atoms with E-state index in [9.17, 15) is 4.79 Å². The molecule has 0 spiro atoms. The van der Waals surface area contributed by atoms with Gasteiger partial charge in [-0.3, -0.25) is 0 Å². The molecule has 2 nitrogen and oxygen atoms in total. The molecule has 0 amide bonds. The van der Waals surface area contributed by atoms with Gasteiger partial charge in [-0.05, 0) is 49.5 Å². The third-order valence-corrected chi connectivity index (χ3v) is 3.35. The van der Waals surface area contributed by atoms with Gasteiger partial charge in [-0.15, -0.1) is 0 Å². The van der Waals surface area contributed by atoms with Crippen LogP contribution < -0.4 is 0 Å². The standard InChI is InChI=1S/C19H20O2/c1-14-10-15(2)12-18(11-14)7-6-16-4-3-5-17(13-16)8-9-19(20)21/h3-5,8-13H,6-7H2,1-2H3,(H,20,21)/b9-8+. The highest BCUT2D eigenvalue weighted by Gasteiger charge is 1.99. The fraction of sp³-hybridized carbons (Fsp3) is 0.211. The Bertz CT molecular complexity index is 649. The van der Waals surface area contributed by atoms with Crippen LogP contribution in [0.25, 0.3) is 6.08 Å². The summed E-state index contributed by atoms with van der Waals surface area (Å²) in [7, 11) is 0. The topological polar surface area (TPSA) is 37.3 Å². The van der Waals surface area contributed by atoms with Gasteiger partial charge in [-0.25, -0.2) is 4.79 Å². The molecule has 0 heterocycles. The van der Waals surface area contributed by atoms with Crippen LogP contribution in [-0.2, 0) is 17.6 Å². The van der Waals surface area contributed by atoms with E-state index in [-0.39, 0.29) is 0 Å². The molecule has 2 aromatic rings. The molecule has 0 radical (unpaired) electrons. The maximum atomic E-state index is 10.5. The van der Waals surface area contributed by atoms with Crippen molar-refractivity contribution in [3.05, 3.63) is 76.4 Å². The lowest BCUT2D eigenvalue weighted by Crippen LogP contribution is -1.93. The Morgan fingerprint density at radius 1 is 1.00 bits per heavy atom. The largest absolute Gasteiger partial charge is 0.478 e. The Labute approximate surface area is 125 Å². The molecule has 0 aliphatic carbocycles. The first-order valence-corrected chi connectivity index (χ1v) is 7.10. The zero-order chi connectivity index (χ0) is 15.2. The van der Waals surface area contributed by atoms with Crippen molar-refractivity contribution in [3.63, 3.8) is 0 Å². The number of carboxylic acids is 1. The van der Waals surface area contributed by atoms with Gasteiger partial charge in [0.1, 0.15) is 0 Å². The first-order chi connectivity index (χ1) is 10.0. The fourth-order valence-electron chi connectivity index (χ4n) is 2.52. The molecular weight excluding hydrogens is 260 g/mol. The molecule has 0 unspecified atom stereocenters. The lowest BCUT2D eigenvalue weighted by Gasteiger charge is -2.06. The SMILES string of the molecule is Cc1cc(C)cc(CCc2cccc(/C=C/C(=O)O)c2)c1. The normalized spacial score (nSPS) is 11.0. The molecule has 2 rings (SSSR count). The van der Waals surface area contributed by atoms with Gasteiger partial charge in [0.25, 0.3) is 0 Å². The number of carbonyl (C=O) groups is 1. The second-order valence-corrected chi connectivity index (χ2v) is 5.41. The molecule has 0 fully saturated rings. The molecule has 0 aliphatic rings. The van der Waals surface area contributed by atoms with Crippen molar-refractivity contribution >= 4 is 12.0 Å². The maximum absolute atomic E-state index is 10.5. The second kappa shape index (κ2) is 6.89. The number of rotatable bonds is 5. The van der Waals surface area contributed by atoms with E-state index in [1.54, 1.807) is 6.08 Å². The lowest BCUT2D eigenvalue weighted by atomic mass is 9.99. The Morgan fingerprint density at radius 3 is 2.33 bits per heavy atom. The number of hydrogen-bond acceptors (Lipinski definition) is 1. The van der Waals surface area contributed by atoms with Crippen molar-refractivity contribution in [1.29, 1.82) is 0 Å². The average Bonchev–Trinajstić information content (AvgIpc) is 2.42. The highest BCUT2D eigenvalue weighted by Crippen LogP contribution is 2.14. The van der Waals surface area contributed by atoms with Crippen molar-refractivity contribution < 1.29 is 9.90 Å². The highest BCUT2D eigenvalue weighted by molar-refractivity contribution is 5.85. The van der Waals surface area contributed by atoms with E-state index in [2.05, 4.69) is 38.1 Å². The third-order valence-electron chi connectivity index (χ3n) is 3.35. The summed E-state index contributed by atoms with van der Waals surface area (Å²) >= 11 is 0. The monoisotopic (exact) mass is 280 g/mol. The second-order valence-electron chi connectivity index (χ2n) is 5.41. The summed E-state index contributed by atoms with van der Waals surface area (Å²) in [5.74, 6) is -0.921. The summed E-state index contributed by atoms with van der Waals surface area (Å²) in [4.78, 5) is 10.5. The maximum Gasteiger partial charge on any atom is 0.328 e. The van der Waals surface area contributed by atoms with Crippen LogP contribution in [0.5, 0.6) is 0 Å². The van der Waals surface area contributed by atoms with Gasteiger partial charge in [0.2, 0.25) is 0 Å². The summed E-state index contributed by atoms with van der Waals surface area (Å²) < 4.78 is 0. The van der Waals surface area contributed by atoms with Crippen LogP contribution in [0.2, 0.25) is 0 Å². The Kier molecular flexibility index (Phi) is 4.94. The van der Waals surface area contributed by atoms with Gasteiger partial charge in [0.15, 0.2) is 0 Å². The number of aliphatic carboxylic acids is 1. The number of benzene rings is 2. The van der Waals surface area contributed by atoms with Gasteiger partial charge < -0.3 is 5.11 Å². The predicted molar refractivity (Wildman–Crippen MR) is 86.4 cm³/mol. The van der Waals surface area contributed by atoms with Gasteiger partial charge >= 0.3 is 5.97 Å². The summed E-state index contributed by atoms with van der Waals surface area (Å²) in [6.45, 7) is 4.24. The highest BCUT2D eigenvalue weighted by atomic mass is 16.4. The molecule has 1 N–H and O–H groups in total. The van der Waals surface area contributed by atoms with Crippen molar-refractivity contribution in [2.24, 2.45) is 0 Å². The zero-order valence-electron chi connectivity index (χ0n) is 12.5. The number of hydrogen-bond donors (Lipinski definition) is 1. The minimum absolute atomic E-state index is 0.921. The number of carboxylic acid groups (broad SMARTS) is 1. The average molecular weight is 280 g/mol. The van der Waals surface area contributed by atoms with Crippen LogP contribution in [0.4, 0.5) is 0 Å². The molecule has 0 aromatic heterocycles. The number of aryl methyl sites for hydroxylation is 4. The molecular formula is C19H20O2. The zero-order valence-corrected chi connectivity index (χ0v) is 12.5. The predicted octanol–water partition coefficient (Wildman–Crippen LogP) is 4.19. The van der Waals surface area contributed by atoms with Crippen molar-refractivity contribution in [2.45, 2.75) is 26.7 Å². The third kappa shape index (κ3) is 4.92. The van der Waals surface area contributed by atoms with Crippen LogP contribution in [0.1, 0.15) is 27.8 Å². The van der Waals surface area contributed by atoms with Gasteiger partial charge in [0, 0.05) is 6.08 Å². The minimum Gasteiger partial charge on any atom is -0.478 e. The first kappa shape index (κ1) is 15.0. The van der Waals surface area contributed by atoms with E-state index in [4.69, 9.17) is 5.11 Å². The van der Waals surface area contributed by atoms with E-state index in [0.717, 1.165) is 18.4 Å². The van der Waals surface area contributed by atoms with E-state index >= 15 is 0 Å². The van der Waals surface area contributed by atoms with Crippen LogP contribution >= 0.6 is 0 Å². The molecule has 0 saturated heterocycles. The fourth-order valence-corrected chi connectivity index (χ4v) is 2.52. The smallest absolute Gasteiger partial charge is 0.328 e. The van der Waals surface area contributed by atoms with Crippen molar-refractivity contribution in [3.8, 4) is 0 Å². The van der Waals surface area contributed by atoms with E-state index < -0.39 is 5.97 Å². The van der Waals surface area contributed by atoms with E-state index in [0.29, 0.717) is 0 Å². The summed E-state index contributed by atoms with van der Waals surface area (Å²) in [6, 6.07) is 14.6. The quantitative estimate of drug-likeness (QED) is 0.834. The molecule has 2 heteroatoms. The summed E-state index contributed by atoms with van der Waals surface area (Å²) in [5, 5.41) is 8.66. The molecule has 0 bridgehead atoms. The van der Waals surface area contributed by atoms with Crippen LogP contribution in [-0.4, -0.2) is 11.1 Å². The van der Waals surface area contributed by atoms with Gasteiger partial charge in [-0.2, -0.15) is 0 Å². The van der Waals surface area contributed by atoms with Crippen molar-refractivity contribution in [2.75, 3.05) is 0 Å². The Hall–Kier alpha value is -2.35. The van der Waals surface area contributed by atoms with E-state index in [1.807, 2.05) is 18.2 Å². The van der Waals surface area contributed by atoms with Gasteiger partial charge in [-0.1, -0.05) is 53.6 Å². The summed E-state index contributed by atoms with van der Waals surface area (Å²) in [6.07, 6.45) is 4.75. The van der Waals surface area contributed by atoms with E-state index in [1.165, 1.54) is 28.3 Å². The molecule has 21 heavy (non-hydrogen) atoms. The minimum atomic E-state index is -0.921. The molecule has 108 valence electrons. The Morgan fingerprint density at radius 2 is 1.67 bits per heavy atom.